The molecule has 2 fully saturated rings. The topological polar surface area (TPSA) is 74.6 Å². The van der Waals surface area contributed by atoms with E-state index in [9.17, 15) is 14.7 Å². The molecule has 2 aliphatic heterocycles. The van der Waals surface area contributed by atoms with Crippen LogP contribution in [0.2, 0.25) is 0 Å². The molecule has 34 heavy (non-hydrogen) atoms. The van der Waals surface area contributed by atoms with Gasteiger partial charge in [-0.1, -0.05) is 36.4 Å². The van der Waals surface area contributed by atoms with Crippen LogP contribution in [0, 0.1) is 17.8 Å². The third-order valence-electron chi connectivity index (χ3n) is 8.40. The van der Waals surface area contributed by atoms with Crippen LogP contribution in [0.1, 0.15) is 48.2 Å². The zero-order chi connectivity index (χ0) is 23.4. The smallest absolute Gasteiger partial charge is 0.258 e. The zero-order valence-corrected chi connectivity index (χ0v) is 19.7. The first-order valence-electron chi connectivity index (χ1n) is 12.7. The van der Waals surface area contributed by atoms with Gasteiger partial charge in [0.05, 0.1) is 12.1 Å². The second kappa shape index (κ2) is 8.51. The normalized spacial score (nSPS) is 28.3. The van der Waals surface area contributed by atoms with Gasteiger partial charge in [-0.15, -0.1) is 0 Å². The number of aromatic nitrogens is 1. The van der Waals surface area contributed by atoms with Crippen molar-refractivity contribution in [2.24, 2.45) is 17.8 Å². The Balaban J connectivity index is 1.30. The summed E-state index contributed by atoms with van der Waals surface area (Å²) in [5.41, 5.74) is 4.34. The molecule has 0 spiro atoms. The van der Waals surface area contributed by atoms with Crippen molar-refractivity contribution in [2.45, 2.75) is 57.3 Å². The summed E-state index contributed by atoms with van der Waals surface area (Å²) in [5, 5.41) is 13.8. The van der Waals surface area contributed by atoms with E-state index in [4.69, 9.17) is 0 Å². The highest BCUT2D eigenvalue weighted by atomic mass is 16.3. The lowest BCUT2D eigenvalue weighted by atomic mass is 9.88. The first kappa shape index (κ1) is 21.8. The molecule has 1 saturated heterocycles. The van der Waals surface area contributed by atoms with E-state index in [0.29, 0.717) is 18.0 Å². The minimum atomic E-state index is -0.358. The van der Waals surface area contributed by atoms with E-state index in [1.807, 2.05) is 29.7 Å². The number of pyridine rings is 1. The van der Waals surface area contributed by atoms with Gasteiger partial charge >= 0.3 is 0 Å². The highest BCUT2D eigenvalue weighted by molar-refractivity contribution is 5.83. The third kappa shape index (κ3) is 3.55. The Bertz CT molecular complexity index is 1170. The summed E-state index contributed by atoms with van der Waals surface area (Å²) in [5.74, 6) is 0.518. The molecule has 1 saturated carbocycles. The number of aliphatic hydroxyl groups is 1. The number of allylic oxidation sites excluding steroid dienone is 1. The minimum Gasteiger partial charge on any atom is -0.396 e. The number of nitrogens with zero attached hydrogens (tertiary/aromatic N) is 2. The van der Waals surface area contributed by atoms with E-state index in [0.717, 1.165) is 25.1 Å². The van der Waals surface area contributed by atoms with Crippen molar-refractivity contribution in [3.05, 3.63) is 75.2 Å². The number of carbonyl (C=O) groups is 1. The maximum atomic E-state index is 13.7. The molecule has 1 aromatic heterocycles. The van der Waals surface area contributed by atoms with Crippen molar-refractivity contribution in [1.82, 2.24) is 14.8 Å². The standard InChI is InChI=1S/C28H33N3O3/c1-2-5-18-10-11-24-25-22(15-30(24)28(18)34)23(16-32)26(31(25)14-17-8-9-17)27(33)29-21-12-19-6-3-4-7-20(19)13-21/h2-7,10-11,17,21-23,25-26,32H,8-9,12-16H2,1H3,(H,29,33)/b5-2+/t22-,23-,25+,26-/m1/s1. The predicted octanol–water partition coefficient (Wildman–Crippen LogP) is 2.54. The Labute approximate surface area is 200 Å². The lowest BCUT2D eigenvalue weighted by Gasteiger charge is -2.31. The van der Waals surface area contributed by atoms with E-state index >= 15 is 0 Å². The van der Waals surface area contributed by atoms with Gasteiger partial charge in [0.15, 0.2) is 0 Å². The molecule has 2 N–H and O–H groups in total. The van der Waals surface area contributed by atoms with E-state index in [1.54, 1.807) is 0 Å². The molecule has 6 heteroatoms. The molecular formula is C28H33N3O3. The summed E-state index contributed by atoms with van der Waals surface area (Å²) < 4.78 is 1.88. The van der Waals surface area contributed by atoms with Crippen LogP contribution in [0.15, 0.2) is 47.3 Å². The van der Waals surface area contributed by atoms with Crippen LogP contribution in [0.3, 0.4) is 0 Å². The summed E-state index contributed by atoms with van der Waals surface area (Å²) in [6.07, 6.45) is 7.84. The molecule has 0 unspecified atom stereocenters. The molecule has 0 radical (unpaired) electrons. The van der Waals surface area contributed by atoms with Crippen LogP contribution in [0.5, 0.6) is 0 Å². The van der Waals surface area contributed by atoms with Crippen molar-refractivity contribution in [3.8, 4) is 0 Å². The van der Waals surface area contributed by atoms with Gasteiger partial charge < -0.3 is 15.0 Å². The molecule has 4 atom stereocenters. The number of hydrogen-bond donors (Lipinski definition) is 2. The van der Waals surface area contributed by atoms with Crippen LogP contribution in [-0.2, 0) is 24.2 Å². The number of fused-ring (bicyclic) bond motifs is 4. The van der Waals surface area contributed by atoms with Gasteiger partial charge in [-0.25, -0.2) is 0 Å². The molecule has 4 aliphatic rings. The van der Waals surface area contributed by atoms with Crippen molar-refractivity contribution in [3.63, 3.8) is 0 Å². The second-order valence-corrected chi connectivity index (χ2v) is 10.6. The Hall–Kier alpha value is -2.70. The van der Waals surface area contributed by atoms with Crippen LogP contribution >= 0.6 is 0 Å². The van der Waals surface area contributed by atoms with Gasteiger partial charge in [0.2, 0.25) is 5.91 Å². The maximum absolute atomic E-state index is 13.7. The number of rotatable bonds is 6. The fourth-order valence-electron chi connectivity index (χ4n) is 6.68. The van der Waals surface area contributed by atoms with Gasteiger partial charge in [0, 0.05) is 48.8 Å². The predicted molar refractivity (Wildman–Crippen MR) is 131 cm³/mol. The lowest BCUT2D eigenvalue weighted by Crippen LogP contribution is -2.51. The number of aliphatic hydroxyl groups excluding tert-OH is 1. The molecule has 0 bridgehead atoms. The van der Waals surface area contributed by atoms with Crippen molar-refractivity contribution >= 4 is 12.0 Å². The monoisotopic (exact) mass is 459 g/mol. The van der Waals surface area contributed by atoms with Gasteiger partial charge in [0.25, 0.3) is 5.56 Å². The van der Waals surface area contributed by atoms with Crippen LogP contribution in [0.25, 0.3) is 6.08 Å². The molecular weight excluding hydrogens is 426 g/mol. The van der Waals surface area contributed by atoms with Gasteiger partial charge in [-0.05, 0) is 61.8 Å². The van der Waals surface area contributed by atoms with Crippen LogP contribution in [-0.4, -0.2) is 45.7 Å². The minimum absolute atomic E-state index is 0.00151. The molecule has 1 amide bonds. The molecule has 1 aromatic carbocycles. The molecule has 178 valence electrons. The fourth-order valence-corrected chi connectivity index (χ4v) is 6.68. The molecule has 2 aliphatic carbocycles. The van der Waals surface area contributed by atoms with E-state index < -0.39 is 0 Å². The number of benzene rings is 1. The van der Waals surface area contributed by atoms with E-state index in [1.165, 1.54) is 24.0 Å². The first-order chi connectivity index (χ1) is 16.6. The third-order valence-corrected chi connectivity index (χ3v) is 8.40. The number of nitrogens with one attached hydrogen (secondary N) is 1. The summed E-state index contributed by atoms with van der Waals surface area (Å²) in [7, 11) is 0. The zero-order valence-electron chi connectivity index (χ0n) is 19.7. The number of amides is 1. The molecule has 3 heterocycles. The Morgan fingerprint density at radius 3 is 2.53 bits per heavy atom. The van der Waals surface area contributed by atoms with E-state index in [2.05, 4.69) is 40.5 Å². The first-order valence-corrected chi connectivity index (χ1v) is 12.7. The average molecular weight is 460 g/mol. The van der Waals surface area contributed by atoms with Crippen LogP contribution in [0.4, 0.5) is 0 Å². The van der Waals surface area contributed by atoms with Gasteiger partial charge in [0.1, 0.15) is 0 Å². The summed E-state index contributed by atoms with van der Waals surface area (Å²) in [6.45, 7) is 3.29. The second-order valence-electron chi connectivity index (χ2n) is 10.6. The Morgan fingerprint density at radius 1 is 1.15 bits per heavy atom. The van der Waals surface area contributed by atoms with Crippen LogP contribution < -0.4 is 10.9 Å². The Morgan fingerprint density at radius 2 is 1.88 bits per heavy atom. The summed E-state index contributed by atoms with van der Waals surface area (Å²) in [4.78, 5) is 29.2. The Kier molecular flexibility index (Phi) is 5.46. The number of carbonyl (C=O) groups excluding carboxylic acids is 1. The average Bonchev–Trinajstić information content (AvgIpc) is 3.30. The number of hydrogen-bond acceptors (Lipinski definition) is 4. The highest BCUT2D eigenvalue weighted by Crippen LogP contribution is 2.50. The van der Waals surface area contributed by atoms with Crippen molar-refractivity contribution in [2.75, 3.05) is 13.2 Å². The number of likely N-dealkylation sites (tertiary alicyclic amines) is 1. The molecule has 6 rings (SSSR count). The summed E-state index contributed by atoms with van der Waals surface area (Å²) in [6, 6.07) is 12.1. The fraction of sp³-hybridized carbons (Fsp3) is 0.500. The van der Waals surface area contributed by atoms with Gasteiger partial charge in [-0.3, -0.25) is 14.5 Å². The van der Waals surface area contributed by atoms with Crippen molar-refractivity contribution in [1.29, 1.82) is 0 Å². The molecule has 2 aromatic rings. The van der Waals surface area contributed by atoms with Crippen molar-refractivity contribution < 1.29 is 9.90 Å². The summed E-state index contributed by atoms with van der Waals surface area (Å²) >= 11 is 0. The van der Waals surface area contributed by atoms with E-state index in [-0.39, 0.29) is 48.0 Å². The largest absolute Gasteiger partial charge is 0.396 e. The maximum Gasteiger partial charge on any atom is 0.258 e. The quantitative estimate of drug-likeness (QED) is 0.696. The lowest BCUT2D eigenvalue weighted by molar-refractivity contribution is -0.128. The highest BCUT2D eigenvalue weighted by Gasteiger charge is 2.56. The SMILES string of the molecule is C/C=C/c1ccc2n(c1=O)C[C@@H]1[C@@H](CO)[C@H](C(=O)NC3Cc4ccccc4C3)N(CC3CC3)[C@H]21. The van der Waals surface area contributed by atoms with Gasteiger partial charge in [-0.2, -0.15) is 0 Å². The molecule has 6 nitrogen and oxygen atoms in total.